The Balaban J connectivity index is 1.29. The van der Waals surface area contributed by atoms with E-state index < -0.39 is 5.63 Å². The third-order valence-corrected chi connectivity index (χ3v) is 6.59. The minimum absolute atomic E-state index is 0.0370. The standard InChI is InChI=1S/C26H27NO6/c1-2-16-11-20-19(13-25(29)33-23(20)14-21(16)28)15-27-7-5-17(6-8-27)26(30)18-3-4-22-24(12-18)32-10-9-31-22/h3-4,11-14,17,28H,2,5-10,15H2,1H3. The average Bonchev–Trinajstić information content (AvgIpc) is 2.83. The number of hydrogen-bond acceptors (Lipinski definition) is 7. The molecule has 0 unspecified atom stereocenters. The maximum Gasteiger partial charge on any atom is 0.336 e. The van der Waals surface area contributed by atoms with Crippen LogP contribution in [0.15, 0.2) is 45.6 Å². The molecule has 5 rings (SSSR count). The molecule has 1 fully saturated rings. The van der Waals surface area contributed by atoms with E-state index in [-0.39, 0.29) is 17.5 Å². The van der Waals surface area contributed by atoms with Crippen LogP contribution in [0.5, 0.6) is 17.2 Å². The molecule has 0 bridgehead atoms. The number of carbonyl (C=O) groups is 1. The topological polar surface area (TPSA) is 89.2 Å². The first-order valence-electron chi connectivity index (χ1n) is 11.5. The van der Waals surface area contributed by atoms with Crippen molar-refractivity contribution >= 4 is 16.8 Å². The molecule has 0 spiro atoms. The maximum atomic E-state index is 13.1. The summed E-state index contributed by atoms with van der Waals surface area (Å²) in [5, 5.41) is 11.0. The predicted molar refractivity (Wildman–Crippen MR) is 123 cm³/mol. The summed E-state index contributed by atoms with van der Waals surface area (Å²) in [7, 11) is 0. The molecular formula is C26H27NO6. The number of ketones is 1. The Morgan fingerprint density at radius 3 is 2.55 bits per heavy atom. The molecule has 7 nitrogen and oxygen atoms in total. The van der Waals surface area contributed by atoms with Crippen LogP contribution in [0.25, 0.3) is 11.0 Å². The van der Waals surface area contributed by atoms with E-state index in [4.69, 9.17) is 13.9 Å². The van der Waals surface area contributed by atoms with E-state index in [1.807, 2.05) is 25.1 Å². The van der Waals surface area contributed by atoms with Gasteiger partial charge in [0, 0.05) is 35.5 Å². The first-order valence-corrected chi connectivity index (χ1v) is 11.5. The van der Waals surface area contributed by atoms with E-state index >= 15 is 0 Å². The zero-order valence-electron chi connectivity index (χ0n) is 18.6. The van der Waals surface area contributed by atoms with Gasteiger partial charge in [-0.2, -0.15) is 0 Å². The number of phenols is 1. The summed E-state index contributed by atoms with van der Waals surface area (Å²) in [6.07, 6.45) is 2.20. The average molecular weight is 450 g/mol. The van der Waals surface area contributed by atoms with E-state index in [1.54, 1.807) is 6.07 Å². The Labute approximate surface area is 191 Å². The molecule has 2 aliphatic heterocycles. The smallest absolute Gasteiger partial charge is 0.336 e. The molecule has 33 heavy (non-hydrogen) atoms. The number of Topliss-reactive ketones (excluding diaryl/α,β-unsaturated/α-hetero) is 1. The third-order valence-electron chi connectivity index (χ3n) is 6.59. The fourth-order valence-corrected chi connectivity index (χ4v) is 4.75. The van der Waals surface area contributed by atoms with Gasteiger partial charge in [-0.3, -0.25) is 9.69 Å². The van der Waals surface area contributed by atoms with Gasteiger partial charge < -0.3 is 19.0 Å². The van der Waals surface area contributed by atoms with Crippen molar-refractivity contribution in [3.8, 4) is 17.2 Å². The molecule has 1 N–H and O–H groups in total. The number of carbonyl (C=O) groups excluding carboxylic acids is 1. The molecular weight excluding hydrogens is 422 g/mol. The zero-order valence-corrected chi connectivity index (χ0v) is 18.6. The minimum Gasteiger partial charge on any atom is -0.508 e. The van der Waals surface area contributed by atoms with E-state index in [0.717, 1.165) is 42.4 Å². The fraction of sp³-hybridized carbons (Fsp3) is 0.385. The summed E-state index contributed by atoms with van der Waals surface area (Å²) in [6, 6.07) is 10.4. The van der Waals surface area contributed by atoms with Crippen LogP contribution in [0.3, 0.4) is 0 Å². The van der Waals surface area contributed by atoms with E-state index in [2.05, 4.69) is 4.90 Å². The normalized spacial score (nSPS) is 16.8. The van der Waals surface area contributed by atoms with E-state index in [0.29, 0.717) is 48.8 Å². The first kappa shape index (κ1) is 21.5. The number of piperidine rings is 1. The van der Waals surface area contributed by atoms with Crippen LogP contribution in [-0.4, -0.2) is 42.1 Å². The molecule has 1 aromatic heterocycles. The van der Waals surface area contributed by atoms with Gasteiger partial charge in [0.25, 0.3) is 0 Å². The highest BCUT2D eigenvalue weighted by molar-refractivity contribution is 5.98. The molecule has 172 valence electrons. The minimum atomic E-state index is -0.426. The third kappa shape index (κ3) is 4.33. The van der Waals surface area contributed by atoms with Gasteiger partial charge in [-0.05, 0) is 67.7 Å². The number of phenolic OH excluding ortho intramolecular Hbond substituents is 1. The lowest BCUT2D eigenvalue weighted by atomic mass is 9.88. The summed E-state index contributed by atoms with van der Waals surface area (Å²) < 4.78 is 16.5. The summed E-state index contributed by atoms with van der Waals surface area (Å²) >= 11 is 0. The van der Waals surface area contributed by atoms with Gasteiger partial charge in [-0.15, -0.1) is 0 Å². The van der Waals surface area contributed by atoms with Crippen LogP contribution in [0.2, 0.25) is 0 Å². The lowest BCUT2D eigenvalue weighted by molar-refractivity contribution is 0.0834. The van der Waals surface area contributed by atoms with Crippen molar-refractivity contribution in [2.45, 2.75) is 32.7 Å². The number of rotatable bonds is 5. The zero-order chi connectivity index (χ0) is 22.9. The first-order chi connectivity index (χ1) is 16.0. The number of ether oxygens (including phenoxy) is 2. The molecule has 7 heteroatoms. The van der Waals surface area contributed by atoms with Gasteiger partial charge in [-0.25, -0.2) is 4.79 Å². The van der Waals surface area contributed by atoms with Crippen molar-refractivity contribution in [1.82, 2.24) is 4.90 Å². The van der Waals surface area contributed by atoms with Gasteiger partial charge in [0.15, 0.2) is 17.3 Å². The molecule has 3 heterocycles. The SMILES string of the molecule is CCc1cc2c(CN3CCC(C(=O)c4ccc5c(c4)OCCO5)CC3)cc(=O)oc2cc1O. The lowest BCUT2D eigenvalue weighted by Crippen LogP contribution is -2.36. The molecule has 0 saturated carbocycles. The second kappa shape index (κ2) is 8.90. The van der Waals surface area contributed by atoms with E-state index in [9.17, 15) is 14.7 Å². The highest BCUT2D eigenvalue weighted by Crippen LogP contribution is 2.33. The second-order valence-corrected chi connectivity index (χ2v) is 8.69. The van der Waals surface area contributed by atoms with E-state index in [1.165, 1.54) is 12.1 Å². The number of likely N-dealkylation sites (tertiary alicyclic amines) is 1. The van der Waals surface area contributed by atoms with Gasteiger partial charge in [0.1, 0.15) is 24.5 Å². The molecule has 2 aliphatic rings. The Morgan fingerprint density at radius 1 is 1.03 bits per heavy atom. The molecule has 0 radical (unpaired) electrons. The van der Waals surface area contributed by atoms with Crippen LogP contribution in [-0.2, 0) is 13.0 Å². The molecule has 0 amide bonds. The largest absolute Gasteiger partial charge is 0.508 e. The quantitative estimate of drug-likeness (QED) is 0.466. The monoisotopic (exact) mass is 449 g/mol. The van der Waals surface area contributed by atoms with Crippen molar-refractivity contribution < 1.29 is 23.8 Å². The summed E-state index contributed by atoms with van der Waals surface area (Å²) in [4.78, 5) is 27.4. The fourth-order valence-electron chi connectivity index (χ4n) is 4.75. The van der Waals surface area contributed by atoms with Crippen LogP contribution in [0.1, 0.15) is 41.3 Å². The molecule has 3 aromatic rings. The van der Waals surface area contributed by atoms with Crippen molar-refractivity contribution in [2.75, 3.05) is 26.3 Å². The summed E-state index contributed by atoms with van der Waals surface area (Å²) in [5.74, 6) is 1.57. The van der Waals surface area contributed by atoms with Crippen LogP contribution >= 0.6 is 0 Å². The molecule has 0 aliphatic carbocycles. The van der Waals surface area contributed by atoms with Crippen molar-refractivity contribution in [2.24, 2.45) is 5.92 Å². The maximum absolute atomic E-state index is 13.1. The molecule has 1 saturated heterocycles. The van der Waals surface area contributed by atoms with Gasteiger partial charge in [0.2, 0.25) is 0 Å². The predicted octanol–water partition coefficient (Wildman–Crippen LogP) is 3.93. The van der Waals surface area contributed by atoms with Crippen LogP contribution in [0, 0.1) is 5.92 Å². The Kier molecular flexibility index (Phi) is 5.81. The van der Waals surface area contributed by atoms with Crippen LogP contribution in [0.4, 0.5) is 0 Å². The second-order valence-electron chi connectivity index (χ2n) is 8.69. The lowest BCUT2D eigenvalue weighted by Gasteiger charge is -2.31. The number of fused-ring (bicyclic) bond motifs is 2. The van der Waals surface area contributed by atoms with Gasteiger partial charge in [-0.1, -0.05) is 6.92 Å². The number of benzene rings is 2. The van der Waals surface area contributed by atoms with Crippen molar-refractivity contribution in [3.63, 3.8) is 0 Å². The highest BCUT2D eigenvalue weighted by Gasteiger charge is 2.27. The highest BCUT2D eigenvalue weighted by atomic mass is 16.6. The van der Waals surface area contributed by atoms with Crippen molar-refractivity contribution in [1.29, 1.82) is 0 Å². The Bertz CT molecular complexity index is 1260. The Morgan fingerprint density at radius 2 is 1.79 bits per heavy atom. The summed E-state index contributed by atoms with van der Waals surface area (Å²) in [6.45, 7) is 5.13. The van der Waals surface area contributed by atoms with Crippen LogP contribution < -0.4 is 15.1 Å². The number of hydrogen-bond donors (Lipinski definition) is 1. The molecule has 0 atom stereocenters. The number of nitrogens with zero attached hydrogens (tertiary/aromatic N) is 1. The summed E-state index contributed by atoms with van der Waals surface area (Å²) in [5.41, 5.74) is 2.34. The molecule has 2 aromatic carbocycles. The number of aromatic hydroxyl groups is 1. The number of aryl methyl sites for hydroxylation is 1. The Hall–Kier alpha value is -3.32. The van der Waals surface area contributed by atoms with Crippen molar-refractivity contribution in [3.05, 3.63) is 63.5 Å². The van der Waals surface area contributed by atoms with Gasteiger partial charge in [0.05, 0.1) is 0 Å². The van der Waals surface area contributed by atoms with Gasteiger partial charge >= 0.3 is 5.63 Å².